The van der Waals surface area contributed by atoms with Gasteiger partial charge >= 0.3 is 0 Å². The van der Waals surface area contributed by atoms with Gasteiger partial charge in [0.2, 0.25) is 0 Å². The van der Waals surface area contributed by atoms with Gasteiger partial charge in [0.25, 0.3) is 0 Å². The van der Waals surface area contributed by atoms with E-state index in [1.807, 2.05) is 18.3 Å². The number of ether oxygens (including phenoxy) is 3. The highest BCUT2D eigenvalue weighted by molar-refractivity contribution is 5.34. The largest absolute Gasteiger partial charge is 0.492 e. The number of fused-ring (bicyclic) bond motifs is 4. The number of rotatable bonds is 4. The quantitative estimate of drug-likeness (QED) is 0.528. The van der Waals surface area contributed by atoms with E-state index in [4.69, 9.17) is 14.2 Å². The number of hydrogen-bond acceptors (Lipinski definition) is 4. The molecule has 1 aromatic heterocycles. The fraction of sp³-hybridized carbons (Fsp3) is 0.750. The highest BCUT2D eigenvalue weighted by atomic mass is 16.7. The van der Waals surface area contributed by atoms with Crippen molar-refractivity contribution >= 4 is 0 Å². The first-order chi connectivity index (χ1) is 15.5. The summed E-state index contributed by atoms with van der Waals surface area (Å²) < 4.78 is 19.4. The molecule has 1 aliphatic heterocycles. The summed E-state index contributed by atoms with van der Waals surface area (Å²) in [4.78, 5) is 4.20. The Labute approximate surface area is 193 Å². The van der Waals surface area contributed by atoms with Gasteiger partial charge in [-0.05, 0) is 68.4 Å². The van der Waals surface area contributed by atoms with Crippen LogP contribution >= 0.6 is 0 Å². The molecule has 5 fully saturated rings. The van der Waals surface area contributed by atoms with Gasteiger partial charge < -0.3 is 14.2 Å². The molecular weight excluding hydrogens is 398 g/mol. The molecule has 5 aliphatic rings. The molecule has 0 aromatic carbocycles. The lowest BCUT2D eigenvalue weighted by Crippen LogP contribution is -2.62. The smallest absolute Gasteiger partial charge is 0.160 e. The third-order valence-corrected chi connectivity index (χ3v) is 10.4. The molecule has 4 aliphatic carbocycles. The second-order valence-electron chi connectivity index (χ2n) is 11.9. The molecule has 4 nitrogen and oxygen atoms in total. The van der Waals surface area contributed by atoms with Gasteiger partial charge in [-0.25, -0.2) is 0 Å². The predicted molar refractivity (Wildman–Crippen MR) is 124 cm³/mol. The monoisotopic (exact) mass is 437 g/mol. The maximum absolute atomic E-state index is 6.74. The lowest BCUT2D eigenvalue weighted by Gasteiger charge is -2.63. The van der Waals surface area contributed by atoms with Crippen LogP contribution in [0.5, 0.6) is 5.75 Å². The van der Waals surface area contributed by atoms with Crippen LogP contribution in [0, 0.1) is 34.0 Å². The first kappa shape index (κ1) is 21.2. The minimum absolute atomic E-state index is 0.0361. The van der Waals surface area contributed by atoms with Gasteiger partial charge in [-0.3, -0.25) is 4.98 Å². The Morgan fingerprint density at radius 1 is 1.19 bits per heavy atom. The van der Waals surface area contributed by atoms with Crippen LogP contribution in [0.2, 0.25) is 0 Å². The Balaban J connectivity index is 1.21. The predicted octanol–water partition coefficient (Wildman–Crippen LogP) is 6.17. The molecule has 3 unspecified atom stereocenters. The van der Waals surface area contributed by atoms with Crippen molar-refractivity contribution in [2.75, 3.05) is 13.2 Å². The molecule has 0 N–H and O–H groups in total. The van der Waals surface area contributed by atoms with Crippen molar-refractivity contribution in [3.05, 3.63) is 36.7 Å². The number of hydrogen-bond donors (Lipinski definition) is 0. The van der Waals surface area contributed by atoms with Crippen molar-refractivity contribution in [1.82, 2.24) is 4.98 Å². The van der Waals surface area contributed by atoms with Gasteiger partial charge in [0.15, 0.2) is 6.29 Å². The summed E-state index contributed by atoms with van der Waals surface area (Å²) >= 11 is 0. The molecule has 174 valence electrons. The molecule has 2 heterocycles. The average Bonchev–Trinajstić information content (AvgIpc) is 3.28. The molecule has 4 heteroatoms. The third-order valence-electron chi connectivity index (χ3n) is 10.4. The number of aromatic nitrogens is 1. The summed E-state index contributed by atoms with van der Waals surface area (Å²) in [5.41, 5.74) is 2.05. The Kier molecular flexibility index (Phi) is 5.00. The van der Waals surface area contributed by atoms with Gasteiger partial charge in [0, 0.05) is 28.9 Å². The number of allylic oxidation sites excluding steroid dienone is 1. The van der Waals surface area contributed by atoms with E-state index < -0.39 is 0 Å². The fourth-order valence-corrected chi connectivity index (χ4v) is 8.66. The van der Waals surface area contributed by atoms with Gasteiger partial charge in [-0.15, -0.1) is 0 Å². The van der Waals surface area contributed by atoms with Gasteiger partial charge in [-0.2, -0.15) is 0 Å². The Hall–Kier alpha value is -1.39. The van der Waals surface area contributed by atoms with Crippen LogP contribution in [-0.4, -0.2) is 30.6 Å². The van der Waals surface area contributed by atoms with Gasteiger partial charge in [0.05, 0.1) is 25.5 Å². The zero-order valence-corrected chi connectivity index (χ0v) is 19.9. The second-order valence-corrected chi connectivity index (χ2v) is 11.9. The molecule has 7 atom stereocenters. The van der Waals surface area contributed by atoms with Gasteiger partial charge in [-0.1, -0.05) is 38.8 Å². The number of pyridine rings is 1. The highest BCUT2D eigenvalue weighted by Crippen LogP contribution is 2.77. The van der Waals surface area contributed by atoms with E-state index in [-0.39, 0.29) is 22.5 Å². The first-order valence-corrected chi connectivity index (χ1v) is 13.0. The molecule has 0 amide bonds. The summed E-state index contributed by atoms with van der Waals surface area (Å²) in [6, 6.07) is 3.95. The Morgan fingerprint density at radius 3 is 2.81 bits per heavy atom. The summed E-state index contributed by atoms with van der Waals surface area (Å²) in [7, 11) is 0. The summed E-state index contributed by atoms with van der Waals surface area (Å²) in [6.07, 6.45) is 15.2. The zero-order chi connectivity index (χ0) is 22.0. The topological polar surface area (TPSA) is 40.6 Å². The lowest BCUT2D eigenvalue weighted by atomic mass is 9.44. The molecule has 6 rings (SSSR count). The van der Waals surface area contributed by atoms with E-state index in [2.05, 4.69) is 25.4 Å². The summed E-state index contributed by atoms with van der Waals surface area (Å²) in [5, 5.41) is 0. The van der Waals surface area contributed by atoms with Gasteiger partial charge in [0.1, 0.15) is 5.75 Å². The van der Waals surface area contributed by atoms with E-state index in [9.17, 15) is 0 Å². The van der Waals surface area contributed by atoms with E-state index in [0.717, 1.165) is 31.8 Å². The molecule has 0 bridgehead atoms. The van der Waals surface area contributed by atoms with E-state index in [1.54, 1.807) is 6.20 Å². The van der Waals surface area contributed by atoms with Crippen molar-refractivity contribution in [2.45, 2.75) is 84.0 Å². The fourth-order valence-electron chi connectivity index (χ4n) is 8.66. The zero-order valence-electron chi connectivity index (χ0n) is 19.9. The molecule has 1 saturated heterocycles. The summed E-state index contributed by atoms with van der Waals surface area (Å²) in [5.74, 6) is 2.66. The lowest BCUT2D eigenvalue weighted by molar-refractivity contribution is -0.317. The van der Waals surface area contributed by atoms with Crippen LogP contribution in [0.15, 0.2) is 36.7 Å². The third kappa shape index (κ3) is 2.98. The maximum atomic E-state index is 6.74. The Morgan fingerprint density at radius 2 is 2.03 bits per heavy atom. The highest BCUT2D eigenvalue weighted by Gasteiger charge is 2.73. The minimum Gasteiger partial charge on any atom is -0.492 e. The van der Waals surface area contributed by atoms with E-state index >= 15 is 0 Å². The Bertz CT molecular complexity index is 867. The number of nitrogens with zero attached hydrogens (tertiary/aromatic N) is 1. The van der Waals surface area contributed by atoms with Crippen molar-refractivity contribution < 1.29 is 14.2 Å². The van der Waals surface area contributed by atoms with Crippen LogP contribution in [-0.2, 0) is 9.47 Å². The van der Waals surface area contributed by atoms with Crippen molar-refractivity contribution in [3.8, 4) is 5.75 Å². The van der Waals surface area contributed by atoms with E-state index in [1.165, 1.54) is 50.5 Å². The van der Waals surface area contributed by atoms with E-state index in [0.29, 0.717) is 23.9 Å². The molecule has 0 radical (unpaired) electrons. The van der Waals surface area contributed by atoms with Crippen LogP contribution in [0.25, 0.3) is 0 Å². The van der Waals surface area contributed by atoms with Crippen molar-refractivity contribution in [1.29, 1.82) is 0 Å². The molecule has 4 saturated carbocycles. The average molecular weight is 438 g/mol. The standard InChI is InChI=1S/C28H39NO3/c1-19-10-11-23-26(2)18-31-25(20-7-4-5-8-20)32-24(26)12-13-27(23,3)28(19)15-21(28)17-30-22-9-6-14-29-16-22/h6,9,14,16,20-21,23-25H,1,4-5,7-8,10-13,15,17-18H2,2-3H3/t21?,23?,24-,25-,26+,27-,28?/m1/s1. The first-order valence-electron chi connectivity index (χ1n) is 13.0. The second kappa shape index (κ2) is 7.56. The molecular formula is C28H39NO3. The molecule has 1 aromatic rings. The molecule has 32 heavy (non-hydrogen) atoms. The maximum Gasteiger partial charge on any atom is 0.160 e. The van der Waals surface area contributed by atoms with Crippen LogP contribution in [0.1, 0.15) is 71.6 Å². The summed E-state index contributed by atoms with van der Waals surface area (Å²) in [6.45, 7) is 11.3. The van der Waals surface area contributed by atoms with Crippen LogP contribution in [0.3, 0.4) is 0 Å². The van der Waals surface area contributed by atoms with Crippen LogP contribution < -0.4 is 4.74 Å². The SMILES string of the molecule is C=C1CCC2[C@]3(C)CO[C@@H](C4CCCC4)O[C@@H]3CC[C@@]2(C)C12CC2COc1cccnc1. The van der Waals surface area contributed by atoms with Crippen LogP contribution in [0.4, 0.5) is 0 Å². The van der Waals surface area contributed by atoms with Crippen molar-refractivity contribution in [3.63, 3.8) is 0 Å². The minimum atomic E-state index is 0.0361. The van der Waals surface area contributed by atoms with Crippen molar-refractivity contribution in [2.24, 2.45) is 34.0 Å². The normalized spacial score (nSPS) is 46.0. The molecule has 1 spiro atoms.